The predicted octanol–water partition coefficient (Wildman–Crippen LogP) is 6.11. The number of ether oxygens (including phenoxy) is 2. The summed E-state index contributed by atoms with van der Waals surface area (Å²) >= 11 is 0. The van der Waals surface area contributed by atoms with Crippen LogP contribution in [-0.2, 0) is 4.74 Å². The van der Waals surface area contributed by atoms with Crippen LogP contribution in [0.1, 0.15) is 17.0 Å². The lowest BCUT2D eigenvalue weighted by Crippen LogP contribution is -2.20. The third kappa shape index (κ3) is 3.64. The van der Waals surface area contributed by atoms with Gasteiger partial charge >= 0.3 is 0 Å². The van der Waals surface area contributed by atoms with Crippen LogP contribution in [0, 0.1) is 0 Å². The molecule has 4 rings (SSSR count). The van der Waals surface area contributed by atoms with E-state index in [-0.39, 0.29) is 12.0 Å². The SMILES string of the molecule is COc1cc(-c2ccccc2)ccc1C1C=C(c2ccccc2)C=CC1OC. The molecule has 2 heteroatoms. The highest BCUT2D eigenvalue weighted by atomic mass is 16.5. The minimum Gasteiger partial charge on any atom is -0.496 e. The Kier molecular flexibility index (Phi) is 5.41. The average molecular weight is 368 g/mol. The molecule has 0 N–H and O–H groups in total. The van der Waals surface area contributed by atoms with Crippen LogP contribution in [0.15, 0.2) is 97.1 Å². The summed E-state index contributed by atoms with van der Waals surface area (Å²) in [6, 6.07) is 27.2. The van der Waals surface area contributed by atoms with Gasteiger partial charge in [-0.2, -0.15) is 0 Å². The molecule has 0 bridgehead atoms. The molecule has 28 heavy (non-hydrogen) atoms. The van der Waals surface area contributed by atoms with Gasteiger partial charge in [0, 0.05) is 18.6 Å². The molecule has 1 aliphatic carbocycles. The molecule has 0 aromatic heterocycles. The molecule has 0 radical (unpaired) electrons. The monoisotopic (exact) mass is 368 g/mol. The molecule has 0 saturated heterocycles. The van der Waals surface area contributed by atoms with Crippen molar-refractivity contribution in [3.63, 3.8) is 0 Å². The van der Waals surface area contributed by atoms with Crippen molar-refractivity contribution < 1.29 is 9.47 Å². The lowest BCUT2D eigenvalue weighted by Gasteiger charge is -2.27. The molecule has 0 fully saturated rings. The predicted molar refractivity (Wildman–Crippen MR) is 116 cm³/mol. The lowest BCUT2D eigenvalue weighted by atomic mass is 9.84. The first-order valence-corrected chi connectivity index (χ1v) is 9.52. The van der Waals surface area contributed by atoms with Crippen LogP contribution in [0.4, 0.5) is 0 Å². The minimum atomic E-state index is -0.0241. The van der Waals surface area contributed by atoms with Crippen molar-refractivity contribution in [3.05, 3.63) is 108 Å². The topological polar surface area (TPSA) is 18.5 Å². The van der Waals surface area contributed by atoms with Gasteiger partial charge in [-0.1, -0.05) is 91.0 Å². The first-order valence-electron chi connectivity index (χ1n) is 9.52. The zero-order valence-corrected chi connectivity index (χ0v) is 16.2. The summed E-state index contributed by atoms with van der Waals surface area (Å²) in [7, 11) is 3.49. The van der Waals surface area contributed by atoms with Gasteiger partial charge in [0.15, 0.2) is 0 Å². The number of rotatable bonds is 5. The van der Waals surface area contributed by atoms with Gasteiger partial charge in [0.2, 0.25) is 0 Å². The summed E-state index contributed by atoms with van der Waals surface area (Å²) in [6.07, 6.45) is 6.54. The summed E-state index contributed by atoms with van der Waals surface area (Å²) in [5, 5.41) is 0. The first kappa shape index (κ1) is 18.3. The van der Waals surface area contributed by atoms with E-state index in [1.54, 1.807) is 14.2 Å². The molecule has 2 unspecified atom stereocenters. The van der Waals surface area contributed by atoms with Gasteiger partial charge < -0.3 is 9.47 Å². The summed E-state index contributed by atoms with van der Waals surface area (Å²) < 4.78 is 11.6. The summed E-state index contributed by atoms with van der Waals surface area (Å²) in [4.78, 5) is 0. The third-order valence-corrected chi connectivity index (χ3v) is 5.26. The van der Waals surface area contributed by atoms with Crippen LogP contribution in [0.25, 0.3) is 16.7 Å². The first-order chi connectivity index (χ1) is 13.8. The van der Waals surface area contributed by atoms with Gasteiger partial charge in [0.25, 0.3) is 0 Å². The third-order valence-electron chi connectivity index (χ3n) is 5.26. The van der Waals surface area contributed by atoms with Crippen LogP contribution in [0.5, 0.6) is 5.75 Å². The molecule has 0 amide bonds. The molecule has 1 aliphatic rings. The molecule has 2 atom stereocenters. The van der Waals surface area contributed by atoms with Crippen molar-refractivity contribution in [1.82, 2.24) is 0 Å². The van der Waals surface area contributed by atoms with Gasteiger partial charge in [-0.15, -0.1) is 0 Å². The molecule has 3 aromatic carbocycles. The largest absolute Gasteiger partial charge is 0.496 e. The van der Waals surface area contributed by atoms with Gasteiger partial charge in [0.05, 0.1) is 13.2 Å². The van der Waals surface area contributed by atoms with Gasteiger partial charge in [-0.05, 0) is 28.3 Å². The second kappa shape index (κ2) is 8.28. The highest BCUT2D eigenvalue weighted by molar-refractivity contribution is 5.77. The summed E-state index contributed by atoms with van der Waals surface area (Å²) in [5.41, 5.74) is 5.87. The Labute approximate surface area is 166 Å². The number of hydrogen-bond donors (Lipinski definition) is 0. The van der Waals surface area contributed by atoms with Crippen molar-refractivity contribution in [3.8, 4) is 16.9 Å². The molecule has 0 saturated carbocycles. The fourth-order valence-corrected chi connectivity index (χ4v) is 3.77. The maximum Gasteiger partial charge on any atom is 0.123 e. The Morgan fingerprint density at radius 1 is 0.714 bits per heavy atom. The summed E-state index contributed by atoms with van der Waals surface area (Å²) in [5.74, 6) is 0.970. The molecule has 140 valence electrons. The minimum absolute atomic E-state index is 0.0241. The smallest absolute Gasteiger partial charge is 0.123 e. The standard InChI is InChI=1S/C26H24O2/c1-27-25-16-14-21(19-9-5-3-6-10-19)17-24(25)23-15-13-22(18-26(23)28-2)20-11-7-4-8-12-20/h3-18,24-25H,1-2H3. The van der Waals surface area contributed by atoms with Crippen molar-refractivity contribution in [1.29, 1.82) is 0 Å². The second-order valence-electron chi connectivity index (χ2n) is 6.90. The van der Waals surface area contributed by atoms with E-state index >= 15 is 0 Å². The second-order valence-corrected chi connectivity index (χ2v) is 6.90. The molecule has 3 aromatic rings. The maximum atomic E-state index is 5.79. The Bertz CT molecular complexity index is 987. The van der Waals surface area contributed by atoms with Crippen LogP contribution in [-0.4, -0.2) is 20.3 Å². The van der Waals surface area contributed by atoms with E-state index in [2.05, 4.69) is 85.0 Å². The van der Waals surface area contributed by atoms with Crippen LogP contribution in [0.2, 0.25) is 0 Å². The zero-order chi connectivity index (χ0) is 19.3. The van der Waals surface area contributed by atoms with E-state index in [1.165, 1.54) is 16.7 Å². The number of hydrogen-bond acceptors (Lipinski definition) is 2. The zero-order valence-electron chi connectivity index (χ0n) is 16.2. The van der Waals surface area contributed by atoms with Crippen LogP contribution < -0.4 is 4.74 Å². The van der Waals surface area contributed by atoms with Crippen molar-refractivity contribution in [2.45, 2.75) is 12.0 Å². The Morgan fingerprint density at radius 2 is 1.39 bits per heavy atom. The van der Waals surface area contributed by atoms with E-state index in [0.29, 0.717) is 0 Å². The Balaban J connectivity index is 1.75. The highest BCUT2D eigenvalue weighted by Gasteiger charge is 2.26. The van der Waals surface area contributed by atoms with Gasteiger partial charge in [0.1, 0.15) is 5.75 Å². The quantitative estimate of drug-likeness (QED) is 0.540. The average Bonchev–Trinajstić information content (AvgIpc) is 2.79. The number of methoxy groups -OCH3 is 2. The molecule has 2 nitrogen and oxygen atoms in total. The van der Waals surface area contributed by atoms with E-state index in [1.807, 2.05) is 12.1 Å². The molecular formula is C26H24O2. The summed E-state index contributed by atoms with van der Waals surface area (Å²) in [6.45, 7) is 0. The molecule has 0 spiro atoms. The fraction of sp³-hybridized carbons (Fsp3) is 0.154. The number of allylic oxidation sites excluding steroid dienone is 2. The maximum absolute atomic E-state index is 5.79. The Hall–Kier alpha value is -3.10. The lowest BCUT2D eigenvalue weighted by molar-refractivity contribution is 0.128. The fourth-order valence-electron chi connectivity index (χ4n) is 3.77. The van der Waals surface area contributed by atoms with Crippen LogP contribution >= 0.6 is 0 Å². The highest BCUT2D eigenvalue weighted by Crippen LogP contribution is 2.39. The normalized spacial score (nSPS) is 18.6. The van der Waals surface area contributed by atoms with E-state index in [0.717, 1.165) is 16.9 Å². The van der Waals surface area contributed by atoms with Gasteiger partial charge in [-0.25, -0.2) is 0 Å². The number of benzene rings is 3. The van der Waals surface area contributed by atoms with E-state index < -0.39 is 0 Å². The van der Waals surface area contributed by atoms with Gasteiger partial charge in [-0.3, -0.25) is 0 Å². The van der Waals surface area contributed by atoms with Crippen molar-refractivity contribution in [2.24, 2.45) is 0 Å². The van der Waals surface area contributed by atoms with E-state index in [9.17, 15) is 0 Å². The van der Waals surface area contributed by atoms with Crippen molar-refractivity contribution in [2.75, 3.05) is 14.2 Å². The van der Waals surface area contributed by atoms with E-state index in [4.69, 9.17) is 9.47 Å². The van der Waals surface area contributed by atoms with Crippen LogP contribution in [0.3, 0.4) is 0 Å². The molecule has 0 heterocycles. The molecular weight excluding hydrogens is 344 g/mol. The molecule has 0 aliphatic heterocycles. The Morgan fingerprint density at radius 3 is 2.04 bits per heavy atom. The van der Waals surface area contributed by atoms with Crippen molar-refractivity contribution >= 4 is 5.57 Å².